The number of carbonyl (C=O) groups excluding carboxylic acids is 1. The average molecular weight is 198 g/mol. The van der Waals surface area contributed by atoms with Crippen molar-refractivity contribution in [1.29, 1.82) is 0 Å². The molecule has 0 radical (unpaired) electrons. The fraction of sp³-hybridized carbons (Fsp3) is 0.909. The van der Waals surface area contributed by atoms with Crippen LogP contribution in [0.25, 0.3) is 0 Å². The fourth-order valence-corrected chi connectivity index (χ4v) is 1.86. The summed E-state index contributed by atoms with van der Waals surface area (Å²) < 4.78 is 0. The zero-order valence-corrected chi connectivity index (χ0v) is 9.14. The second-order valence-corrected chi connectivity index (χ2v) is 4.09. The highest BCUT2D eigenvalue weighted by Gasteiger charge is 2.14. The highest BCUT2D eigenvalue weighted by atomic mass is 16.2. The van der Waals surface area contributed by atoms with Crippen LogP contribution in [0.1, 0.15) is 51.9 Å². The molecule has 0 aliphatic heterocycles. The highest BCUT2D eigenvalue weighted by molar-refractivity contribution is 5.74. The summed E-state index contributed by atoms with van der Waals surface area (Å²) in [6, 6.07) is 0.440. The summed E-state index contributed by atoms with van der Waals surface area (Å²) in [5, 5.41) is 5.91. The number of rotatable bonds is 4. The molecule has 1 fully saturated rings. The van der Waals surface area contributed by atoms with Gasteiger partial charge in [0.1, 0.15) is 0 Å². The molecule has 0 aromatic carbocycles. The van der Waals surface area contributed by atoms with E-state index in [2.05, 4.69) is 17.6 Å². The third kappa shape index (κ3) is 4.49. The Kier molecular flexibility index (Phi) is 5.42. The maximum Gasteiger partial charge on any atom is 0.315 e. The van der Waals surface area contributed by atoms with Gasteiger partial charge in [-0.15, -0.1) is 0 Å². The first-order chi connectivity index (χ1) is 6.83. The molecule has 0 aromatic heterocycles. The highest BCUT2D eigenvalue weighted by Crippen LogP contribution is 2.16. The Labute approximate surface area is 86.6 Å². The molecule has 1 saturated carbocycles. The minimum Gasteiger partial charge on any atom is -0.338 e. The Morgan fingerprint density at radius 1 is 1.29 bits per heavy atom. The van der Waals surface area contributed by atoms with Gasteiger partial charge < -0.3 is 10.6 Å². The van der Waals surface area contributed by atoms with Gasteiger partial charge in [0, 0.05) is 12.6 Å². The molecule has 1 aliphatic rings. The zero-order valence-electron chi connectivity index (χ0n) is 9.14. The van der Waals surface area contributed by atoms with E-state index >= 15 is 0 Å². The molecule has 2 amide bonds. The lowest BCUT2D eigenvalue weighted by molar-refractivity contribution is 0.232. The summed E-state index contributed by atoms with van der Waals surface area (Å²) in [6.45, 7) is 2.93. The van der Waals surface area contributed by atoms with Gasteiger partial charge in [-0.3, -0.25) is 0 Å². The van der Waals surface area contributed by atoms with Gasteiger partial charge in [0.25, 0.3) is 0 Å². The van der Waals surface area contributed by atoms with Crippen LogP contribution >= 0.6 is 0 Å². The van der Waals surface area contributed by atoms with Crippen LogP contribution in [0.5, 0.6) is 0 Å². The fourth-order valence-electron chi connectivity index (χ4n) is 1.86. The van der Waals surface area contributed by atoms with Crippen LogP contribution in [0.3, 0.4) is 0 Å². The molecule has 0 aromatic rings. The predicted molar refractivity (Wildman–Crippen MR) is 58.3 cm³/mol. The van der Waals surface area contributed by atoms with Gasteiger partial charge in [-0.1, -0.05) is 32.6 Å². The van der Waals surface area contributed by atoms with Crippen molar-refractivity contribution in [2.45, 2.75) is 57.9 Å². The number of amides is 2. The van der Waals surface area contributed by atoms with Crippen molar-refractivity contribution in [3.63, 3.8) is 0 Å². The summed E-state index contributed by atoms with van der Waals surface area (Å²) in [7, 11) is 0. The van der Waals surface area contributed by atoms with E-state index in [4.69, 9.17) is 0 Å². The summed E-state index contributed by atoms with van der Waals surface area (Å²) in [5.74, 6) is 0. The lowest BCUT2D eigenvalue weighted by atomic mass is 9.96. The lowest BCUT2D eigenvalue weighted by Crippen LogP contribution is -2.43. The summed E-state index contributed by atoms with van der Waals surface area (Å²) in [6.07, 6.45) is 8.36. The first-order valence-corrected chi connectivity index (χ1v) is 5.87. The van der Waals surface area contributed by atoms with Crippen LogP contribution in [0.15, 0.2) is 0 Å². The van der Waals surface area contributed by atoms with E-state index in [9.17, 15) is 4.79 Å². The summed E-state index contributed by atoms with van der Waals surface area (Å²) in [4.78, 5) is 11.4. The molecular formula is C11H22N2O. The van der Waals surface area contributed by atoms with Crippen molar-refractivity contribution in [3.05, 3.63) is 0 Å². The van der Waals surface area contributed by atoms with Crippen molar-refractivity contribution in [3.8, 4) is 0 Å². The molecule has 3 nitrogen and oxygen atoms in total. The Balaban J connectivity index is 2.06. The van der Waals surface area contributed by atoms with Gasteiger partial charge in [-0.25, -0.2) is 4.79 Å². The van der Waals surface area contributed by atoms with Gasteiger partial charge in [0.15, 0.2) is 0 Å². The minimum absolute atomic E-state index is 0.0188. The van der Waals surface area contributed by atoms with E-state index in [1.807, 2.05) is 0 Å². The van der Waals surface area contributed by atoms with Crippen LogP contribution in [0.2, 0.25) is 0 Å². The van der Waals surface area contributed by atoms with Gasteiger partial charge in [0.05, 0.1) is 0 Å². The van der Waals surface area contributed by atoms with E-state index in [1.54, 1.807) is 0 Å². The number of hydrogen-bond acceptors (Lipinski definition) is 1. The molecule has 0 heterocycles. The van der Waals surface area contributed by atoms with E-state index < -0.39 is 0 Å². The molecular weight excluding hydrogens is 176 g/mol. The number of carbonyl (C=O) groups is 1. The topological polar surface area (TPSA) is 41.1 Å². The first-order valence-electron chi connectivity index (χ1n) is 5.87. The van der Waals surface area contributed by atoms with Crippen LogP contribution in [-0.2, 0) is 0 Å². The van der Waals surface area contributed by atoms with Crippen LogP contribution in [0, 0.1) is 0 Å². The summed E-state index contributed by atoms with van der Waals surface area (Å²) in [5.41, 5.74) is 0. The average Bonchev–Trinajstić information content (AvgIpc) is 2.20. The van der Waals surface area contributed by atoms with Crippen molar-refractivity contribution in [2.24, 2.45) is 0 Å². The van der Waals surface area contributed by atoms with E-state index in [0.717, 1.165) is 32.2 Å². The van der Waals surface area contributed by atoms with Gasteiger partial charge >= 0.3 is 6.03 Å². The first kappa shape index (κ1) is 11.3. The molecule has 3 heteroatoms. The molecule has 82 valence electrons. The van der Waals surface area contributed by atoms with Crippen molar-refractivity contribution < 1.29 is 4.79 Å². The number of urea groups is 1. The molecule has 1 aliphatic carbocycles. The lowest BCUT2D eigenvalue weighted by Gasteiger charge is -2.22. The van der Waals surface area contributed by atoms with Gasteiger partial charge in [0.2, 0.25) is 0 Å². The maximum absolute atomic E-state index is 11.4. The molecule has 0 saturated heterocycles. The molecule has 0 atom stereocenters. The number of unbranched alkanes of at least 4 members (excludes halogenated alkanes) is 1. The Hall–Kier alpha value is -0.730. The van der Waals surface area contributed by atoms with Crippen molar-refractivity contribution in [2.75, 3.05) is 6.54 Å². The van der Waals surface area contributed by atoms with E-state index in [1.165, 1.54) is 19.3 Å². The standard InChI is InChI=1S/C11H22N2O/c1-2-3-9-12-11(14)13-10-7-5-4-6-8-10/h10H,2-9H2,1H3,(H2,12,13,14). The Bertz CT molecular complexity index is 165. The monoisotopic (exact) mass is 198 g/mol. The van der Waals surface area contributed by atoms with E-state index in [0.29, 0.717) is 6.04 Å². The molecule has 14 heavy (non-hydrogen) atoms. The smallest absolute Gasteiger partial charge is 0.315 e. The van der Waals surface area contributed by atoms with Crippen LogP contribution < -0.4 is 10.6 Å². The molecule has 0 bridgehead atoms. The second-order valence-electron chi connectivity index (χ2n) is 4.09. The number of hydrogen-bond donors (Lipinski definition) is 2. The SMILES string of the molecule is CCCCNC(=O)NC1CCCCC1. The van der Waals surface area contributed by atoms with Crippen molar-refractivity contribution >= 4 is 6.03 Å². The van der Waals surface area contributed by atoms with Gasteiger partial charge in [-0.2, -0.15) is 0 Å². The summed E-state index contributed by atoms with van der Waals surface area (Å²) >= 11 is 0. The second kappa shape index (κ2) is 6.68. The normalized spacial score (nSPS) is 17.8. The van der Waals surface area contributed by atoms with Crippen LogP contribution in [-0.4, -0.2) is 18.6 Å². The van der Waals surface area contributed by atoms with E-state index in [-0.39, 0.29) is 6.03 Å². The third-order valence-corrected chi connectivity index (χ3v) is 2.76. The number of nitrogens with one attached hydrogen (secondary N) is 2. The van der Waals surface area contributed by atoms with Gasteiger partial charge in [-0.05, 0) is 19.3 Å². The van der Waals surface area contributed by atoms with Crippen LogP contribution in [0.4, 0.5) is 4.79 Å². The molecule has 2 N–H and O–H groups in total. The Morgan fingerprint density at radius 3 is 2.64 bits per heavy atom. The molecule has 1 rings (SSSR count). The quantitative estimate of drug-likeness (QED) is 0.669. The zero-order chi connectivity index (χ0) is 10.2. The molecule has 0 spiro atoms. The predicted octanol–water partition coefficient (Wildman–Crippen LogP) is 2.42. The molecule has 0 unspecified atom stereocenters. The maximum atomic E-state index is 11.4. The minimum atomic E-state index is 0.0188. The third-order valence-electron chi connectivity index (χ3n) is 2.76. The van der Waals surface area contributed by atoms with Crippen molar-refractivity contribution in [1.82, 2.24) is 10.6 Å². The largest absolute Gasteiger partial charge is 0.338 e. The Morgan fingerprint density at radius 2 is 2.00 bits per heavy atom.